The molecule has 0 saturated carbocycles. The van der Waals surface area contributed by atoms with E-state index < -0.39 is 11.8 Å². The molecule has 0 spiro atoms. The Kier molecular flexibility index (Phi) is 4.83. The molecule has 0 aliphatic rings. The van der Waals surface area contributed by atoms with Gasteiger partial charge in [0.2, 0.25) is 0 Å². The number of amides is 2. The van der Waals surface area contributed by atoms with E-state index in [4.69, 9.17) is 4.42 Å². The van der Waals surface area contributed by atoms with Gasteiger partial charge in [-0.25, -0.2) is 9.18 Å². The summed E-state index contributed by atoms with van der Waals surface area (Å²) < 4.78 is 19.3. The lowest BCUT2D eigenvalue weighted by Crippen LogP contribution is -2.37. The van der Waals surface area contributed by atoms with E-state index in [1.165, 1.54) is 18.4 Å². The van der Waals surface area contributed by atoms with Crippen LogP contribution < -0.4 is 10.6 Å². The van der Waals surface area contributed by atoms with Gasteiger partial charge in [0.25, 0.3) is 0 Å². The normalized spacial score (nSPS) is 12.0. The highest BCUT2D eigenvalue weighted by Crippen LogP contribution is 2.25. The van der Waals surface area contributed by atoms with Gasteiger partial charge >= 0.3 is 6.03 Å². The molecule has 0 radical (unpaired) electrons. The zero-order chi connectivity index (χ0) is 17.8. The van der Waals surface area contributed by atoms with Crippen molar-refractivity contribution in [2.75, 3.05) is 5.32 Å². The lowest BCUT2D eigenvalue weighted by atomic mass is 10.1. The predicted octanol–water partition coefficient (Wildman–Crippen LogP) is 3.87. The first-order valence-corrected chi connectivity index (χ1v) is 7.93. The Balaban J connectivity index is 1.63. The Bertz CT molecular complexity index is 858. The maximum atomic E-state index is 14.0. The summed E-state index contributed by atoms with van der Waals surface area (Å²) in [6, 6.07) is 9.23. The van der Waals surface area contributed by atoms with Crippen molar-refractivity contribution in [3.8, 4) is 11.3 Å². The van der Waals surface area contributed by atoms with Crippen LogP contribution in [0.4, 0.5) is 14.9 Å². The van der Waals surface area contributed by atoms with Crippen molar-refractivity contribution < 1.29 is 13.6 Å². The minimum atomic E-state index is -0.513. The van der Waals surface area contributed by atoms with E-state index in [0.717, 1.165) is 11.4 Å². The molecule has 0 saturated heterocycles. The van der Waals surface area contributed by atoms with Crippen molar-refractivity contribution in [1.29, 1.82) is 0 Å². The number of hydrogen-bond donors (Lipinski definition) is 3. The second-order valence-corrected chi connectivity index (χ2v) is 5.92. The third-order valence-electron chi connectivity index (χ3n) is 3.67. The van der Waals surface area contributed by atoms with E-state index in [2.05, 4.69) is 20.8 Å². The molecular weight excluding hydrogens is 323 g/mol. The number of anilines is 1. The van der Waals surface area contributed by atoms with Crippen LogP contribution in [-0.4, -0.2) is 22.3 Å². The van der Waals surface area contributed by atoms with Gasteiger partial charge in [0.05, 0.1) is 17.6 Å². The van der Waals surface area contributed by atoms with Crippen molar-refractivity contribution in [2.24, 2.45) is 0 Å². The third kappa shape index (κ3) is 4.26. The Labute approximate surface area is 144 Å². The number of halogens is 1. The summed E-state index contributed by atoms with van der Waals surface area (Å²) in [7, 11) is 0. The lowest BCUT2D eigenvalue weighted by molar-refractivity contribution is 0.249. The van der Waals surface area contributed by atoms with Gasteiger partial charge in [-0.2, -0.15) is 5.10 Å². The van der Waals surface area contributed by atoms with Crippen molar-refractivity contribution in [1.82, 2.24) is 15.5 Å². The molecule has 25 heavy (non-hydrogen) atoms. The van der Waals surface area contributed by atoms with E-state index in [0.29, 0.717) is 17.7 Å². The highest BCUT2D eigenvalue weighted by atomic mass is 19.1. The van der Waals surface area contributed by atoms with Gasteiger partial charge in [-0.15, -0.1) is 0 Å². The number of H-pyrrole nitrogens is 1. The molecule has 0 fully saturated rings. The van der Waals surface area contributed by atoms with Crippen LogP contribution in [0.15, 0.2) is 47.1 Å². The Morgan fingerprint density at radius 2 is 2.20 bits per heavy atom. The zero-order valence-electron chi connectivity index (χ0n) is 14.0. The predicted molar refractivity (Wildman–Crippen MR) is 92.7 cm³/mol. The van der Waals surface area contributed by atoms with Gasteiger partial charge in [-0.1, -0.05) is 0 Å². The van der Waals surface area contributed by atoms with Gasteiger partial charge in [-0.3, -0.25) is 5.10 Å². The second-order valence-electron chi connectivity index (χ2n) is 5.92. The van der Waals surface area contributed by atoms with Crippen LogP contribution in [0.2, 0.25) is 0 Å². The number of aromatic amines is 1. The van der Waals surface area contributed by atoms with E-state index >= 15 is 0 Å². The summed E-state index contributed by atoms with van der Waals surface area (Å²) in [6.45, 7) is 3.77. The molecule has 1 atom stereocenters. The number of urea groups is 1. The zero-order valence-corrected chi connectivity index (χ0v) is 14.0. The summed E-state index contributed by atoms with van der Waals surface area (Å²) in [5.74, 6) is 0.0896. The number of hydrogen-bond acceptors (Lipinski definition) is 3. The number of aromatic nitrogens is 2. The van der Waals surface area contributed by atoms with Crippen LogP contribution >= 0.6 is 0 Å². The number of nitrogens with one attached hydrogen (secondary N) is 3. The quantitative estimate of drug-likeness (QED) is 0.658. The Hall–Kier alpha value is -3.09. The van der Waals surface area contributed by atoms with E-state index in [1.807, 2.05) is 19.9 Å². The fourth-order valence-electron chi connectivity index (χ4n) is 2.54. The molecule has 3 N–H and O–H groups in total. The summed E-state index contributed by atoms with van der Waals surface area (Å²) in [6.07, 6.45) is 2.11. The monoisotopic (exact) mass is 342 g/mol. The number of benzene rings is 1. The van der Waals surface area contributed by atoms with Gasteiger partial charge in [0.1, 0.15) is 11.6 Å². The molecule has 0 bridgehead atoms. The first-order valence-electron chi connectivity index (χ1n) is 7.93. The highest BCUT2D eigenvalue weighted by Gasteiger charge is 2.13. The van der Waals surface area contributed by atoms with Gasteiger partial charge < -0.3 is 15.1 Å². The average molecular weight is 342 g/mol. The van der Waals surface area contributed by atoms with Crippen LogP contribution in [0, 0.1) is 12.7 Å². The molecule has 1 aromatic carbocycles. The van der Waals surface area contributed by atoms with Crippen LogP contribution in [0.3, 0.4) is 0 Å². The third-order valence-corrected chi connectivity index (χ3v) is 3.67. The van der Waals surface area contributed by atoms with Crippen LogP contribution in [-0.2, 0) is 6.42 Å². The summed E-state index contributed by atoms with van der Waals surface area (Å²) in [5, 5.41) is 12.3. The smallest absolute Gasteiger partial charge is 0.319 e. The van der Waals surface area contributed by atoms with Crippen LogP contribution in [0.1, 0.15) is 18.3 Å². The number of rotatable bonds is 5. The minimum Gasteiger partial charge on any atom is -0.464 e. The molecule has 2 heterocycles. The number of aryl methyl sites for hydroxylation is 1. The molecule has 2 amide bonds. The maximum absolute atomic E-state index is 14.0. The molecule has 0 unspecified atom stereocenters. The molecular formula is C18H19FN4O2. The second kappa shape index (κ2) is 7.21. The van der Waals surface area contributed by atoms with E-state index in [1.54, 1.807) is 18.2 Å². The Morgan fingerprint density at radius 1 is 1.36 bits per heavy atom. The van der Waals surface area contributed by atoms with E-state index in [9.17, 15) is 9.18 Å². The van der Waals surface area contributed by atoms with Gasteiger partial charge in [-0.05, 0) is 50.2 Å². The lowest BCUT2D eigenvalue weighted by Gasteiger charge is -2.14. The molecule has 7 heteroatoms. The first-order chi connectivity index (χ1) is 12.0. The minimum absolute atomic E-state index is 0.0919. The van der Waals surface area contributed by atoms with Crippen molar-refractivity contribution >= 4 is 11.7 Å². The molecule has 3 rings (SSSR count). The summed E-state index contributed by atoms with van der Waals surface area (Å²) in [5.41, 5.74) is 2.59. The molecule has 6 nitrogen and oxygen atoms in total. The van der Waals surface area contributed by atoms with Crippen LogP contribution in [0.5, 0.6) is 0 Å². The molecule has 2 aromatic heterocycles. The number of furan rings is 1. The molecule has 3 aromatic rings. The highest BCUT2D eigenvalue weighted by molar-refractivity contribution is 5.90. The number of carbonyl (C=O) groups excluding carboxylic acids is 1. The van der Waals surface area contributed by atoms with Crippen molar-refractivity contribution in [3.63, 3.8) is 0 Å². The average Bonchev–Trinajstić information content (AvgIpc) is 3.21. The maximum Gasteiger partial charge on any atom is 0.319 e. The first kappa shape index (κ1) is 16.8. The fourth-order valence-corrected chi connectivity index (χ4v) is 2.54. The standard InChI is InChI=1S/C18H19FN4O2/c1-11(8-14-9-12(2)22-23-14)20-18(24)21-16-10-13(5-6-15(16)19)17-4-3-7-25-17/h3-7,9-11H,8H2,1-2H3,(H,22,23)(H2,20,21,24)/t11-/m1/s1. The SMILES string of the molecule is Cc1cc(C[C@@H](C)NC(=O)Nc2cc(-c3ccco3)ccc2F)n[nH]1. The Morgan fingerprint density at radius 3 is 2.88 bits per heavy atom. The molecule has 130 valence electrons. The molecule has 0 aliphatic heterocycles. The van der Waals surface area contributed by atoms with Crippen LogP contribution in [0.25, 0.3) is 11.3 Å². The number of nitrogens with zero attached hydrogens (tertiary/aromatic N) is 1. The number of carbonyl (C=O) groups is 1. The van der Waals surface area contributed by atoms with Gasteiger partial charge in [0, 0.05) is 23.7 Å². The van der Waals surface area contributed by atoms with Crippen molar-refractivity contribution in [3.05, 3.63) is 59.9 Å². The van der Waals surface area contributed by atoms with Gasteiger partial charge in [0.15, 0.2) is 0 Å². The fraction of sp³-hybridized carbons (Fsp3) is 0.222. The molecule has 0 aliphatic carbocycles. The summed E-state index contributed by atoms with van der Waals surface area (Å²) in [4.78, 5) is 12.1. The van der Waals surface area contributed by atoms with Crippen molar-refractivity contribution in [2.45, 2.75) is 26.3 Å². The largest absolute Gasteiger partial charge is 0.464 e. The topological polar surface area (TPSA) is 82.9 Å². The van der Waals surface area contributed by atoms with E-state index in [-0.39, 0.29) is 11.7 Å². The summed E-state index contributed by atoms with van der Waals surface area (Å²) >= 11 is 0.